The van der Waals surface area contributed by atoms with Crippen molar-refractivity contribution in [2.45, 2.75) is 13.0 Å². The minimum atomic E-state index is 0. The van der Waals surface area contributed by atoms with Crippen LogP contribution in [0.2, 0.25) is 0 Å². The van der Waals surface area contributed by atoms with E-state index >= 15 is 0 Å². The molecule has 2 aromatic rings. The van der Waals surface area contributed by atoms with Gasteiger partial charge in [0.25, 0.3) is 0 Å². The van der Waals surface area contributed by atoms with Gasteiger partial charge in [-0.05, 0) is 17.7 Å². The summed E-state index contributed by atoms with van der Waals surface area (Å²) in [5, 5.41) is 2.11. The molecule has 2 aromatic carbocycles. The number of methoxy groups -OCH3 is 1. The summed E-state index contributed by atoms with van der Waals surface area (Å²) in [5.41, 5.74) is 1.89. The smallest absolute Gasteiger partial charge is 0.168 e. The van der Waals surface area contributed by atoms with Gasteiger partial charge in [-0.1, -0.05) is 42.5 Å². The first-order chi connectivity index (χ1) is 11.3. The summed E-state index contributed by atoms with van der Waals surface area (Å²) in [5.74, 6) is 0.861. The molecule has 0 atom stereocenters. The molecule has 4 nitrogen and oxygen atoms in total. The fourth-order valence-corrected chi connectivity index (χ4v) is 2.25. The number of halogens is 1. The van der Waals surface area contributed by atoms with Gasteiger partial charge < -0.3 is 27.2 Å². The molecule has 130 valence electrons. The molecule has 2 N–H and O–H groups in total. The van der Waals surface area contributed by atoms with Gasteiger partial charge in [0.1, 0.15) is 5.75 Å². The van der Waals surface area contributed by atoms with Crippen LogP contribution in [0.1, 0.15) is 22.3 Å². The van der Waals surface area contributed by atoms with E-state index in [2.05, 4.69) is 17.4 Å². The Morgan fingerprint density at radius 3 is 2.58 bits per heavy atom. The molecule has 0 aliphatic rings. The lowest BCUT2D eigenvalue weighted by Crippen LogP contribution is -3.00. The van der Waals surface area contributed by atoms with Gasteiger partial charge in [0.05, 0.1) is 39.8 Å². The molecule has 0 aromatic heterocycles. The second-order valence-corrected chi connectivity index (χ2v) is 5.31. The van der Waals surface area contributed by atoms with Gasteiger partial charge in [-0.25, -0.2) is 0 Å². The Morgan fingerprint density at radius 1 is 1.04 bits per heavy atom. The number of carbonyl (C=O) groups excluding carboxylic acids is 1. The number of rotatable bonds is 10. The van der Waals surface area contributed by atoms with Crippen LogP contribution in [0.4, 0.5) is 0 Å². The van der Waals surface area contributed by atoms with Gasteiger partial charge in [0, 0.05) is 5.56 Å². The number of ketones is 1. The molecule has 0 heterocycles. The Kier molecular flexibility index (Phi) is 9.77. The summed E-state index contributed by atoms with van der Waals surface area (Å²) >= 11 is 0. The quantitative estimate of drug-likeness (QED) is 0.444. The second kappa shape index (κ2) is 11.6. The van der Waals surface area contributed by atoms with Gasteiger partial charge in [0.2, 0.25) is 0 Å². The van der Waals surface area contributed by atoms with Crippen molar-refractivity contribution in [3.63, 3.8) is 0 Å². The number of hydrogen-bond acceptors (Lipinski definition) is 3. The zero-order valence-corrected chi connectivity index (χ0v) is 14.7. The van der Waals surface area contributed by atoms with Gasteiger partial charge in [0.15, 0.2) is 5.78 Å². The van der Waals surface area contributed by atoms with E-state index < -0.39 is 0 Å². The first kappa shape index (κ1) is 20.2. The molecule has 0 amide bonds. The van der Waals surface area contributed by atoms with Crippen molar-refractivity contribution in [3.8, 4) is 5.75 Å². The zero-order chi connectivity index (χ0) is 16.3. The maximum Gasteiger partial charge on any atom is 0.168 e. The van der Waals surface area contributed by atoms with E-state index in [1.807, 2.05) is 36.4 Å². The molecule has 0 aliphatic heterocycles. The molecule has 5 heteroatoms. The molecule has 0 saturated carbocycles. The Morgan fingerprint density at radius 2 is 1.83 bits per heavy atom. The average molecular weight is 350 g/mol. The number of quaternary nitrogens is 1. The summed E-state index contributed by atoms with van der Waals surface area (Å²) in [4.78, 5) is 12.1. The minimum Gasteiger partial charge on any atom is -1.00 e. The third-order valence-corrected chi connectivity index (χ3v) is 3.55. The van der Waals surface area contributed by atoms with Crippen LogP contribution in [0.15, 0.2) is 54.6 Å². The molecule has 0 spiro atoms. The molecule has 0 saturated heterocycles. The Bertz CT molecular complexity index is 605. The summed E-state index contributed by atoms with van der Waals surface area (Å²) < 4.78 is 10.7. The van der Waals surface area contributed by atoms with Crippen LogP contribution in [-0.4, -0.2) is 32.6 Å². The van der Waals surface area contributed by atoms with Crippen molar-refractivity contribution in [2.75, 3.05) is 26.8 Å². The highest BCUT2D eigenvalue weighted by atomic mass is 35.5. The molecular weight excluding hydrogens is 326 g/mol. The number of benzene rings is 2. The highest BCUT2D eigenvalue weighted by Crippen LogP contribution is 2.13. The predicted octanol–water partition coefficient (Wildman–Crippen LogP) is -0.948. The predicted molar refractivity (Wildman–Crippen MR) is 89.7 cm³/mol. The molecule has 0 aliphatic carbocycles. The first-order valence-electron chi connectivity index (χ1n) is 7.90. The van der Waals surface area contributed by atoms with E-state index in [-0.39, 0.29) is 18.2 Å². The summed E-state index contributed by atoms with van der Waals surface area (Å²) in [6.07, 6.45) is 0.520. The van der Waals surface area contributed by atoms with Crippen molar-refractivity contribution >= 4 is 5.78 Å². The normalized spacial score (nSPS) is 10.0. The van der Waals surface area contributed by atoms with Crippen LogP contribution in [-0.2, 0) is 11.3 Å². The van der Waals surface area contributed by atoms with Crippen LogP contribution in [0.3, 0.4) is 0 Å². The topological polar surface area (TPSA) is 52.1 Å². The molecular formula is C19H24ClNO3. The van der Waals surface area contributed by atoms with Gasteiger partial charge in [-0.2, -0.15) is 0 Å². The highest BCUT2D eigenvalue weighted by Gasteiger charge is 2.07. The number of nitrogens with two attached hydrogens (primary N) is 1. The van der Waals surface area contributed by atoms with Crippen LogP contribution >= 0.6 is 0 Å². The summed E-state index contributed by atoms with van der Waals surface area (Å²) in [6, 6.07) is 17.4. The molecule has 2 rings (SSSR count). The summed E-state index contributed by atoms with van der Waals surface area (Å²) in [6.45, 7) is 2.95. The second-order valence-electron chi connectivity index (χ2n) is 5.31. The lowest BCUT2D eigenvalue weighted by Gasteiger charge is -2.05. The van der Waals surface area contributed by atoms with E-state index in [0.717, 1.165) is 13.1 Å². The molecule has 0 radical (unpaired) electrons. The van der Waals surface area contributed by atoms with Gasteiger partial charge >= 0.3 is 0 Å². The number of hydrogen-bond donors (Lipinski definition) is 1. The van der Waals surface area contributed by atoms with E-state index in [4.69, 9.17) is 9.47 Å². The maximum atomic E-state index is 12.1. The lowest BCUT2D eigenvalue weighted by molar-refractivity contribution is -0.655. The Balaban J connectivity index is 0.00000288. The number of ether oxygens (including phenoxy) is 2. The molecule has 0 unspecified atom stereocenters. The van der Waals surface area contributed by atoms with Crippen molar-refractivity contribution in [1.82, 2.24) is 0 Å². The van der Waals surface area contributed by atoms with E-state index in [0.29, 0.717) is 30.9 Å². The van der Waals surface area contributed by atoms with Crippen molar-refractivity contribution in [1.29, 1.82) is 0 Å². The standard InChI is InChI=1S/C19H23NO3.ClH/c1-22-18-9-5-8-17(14-18)19(21)10-11-20-12-13-23-15-16-6-3-2-4-7-16;/h2-9,14,20H,10-13,15H2,1H3;1H. The van der Waals surface area contributed by atoms with Crippen LogP contribution in [0.25, 0.3) is 0 Å². The highest BCUT2D eigenvalue weighted by molar-refractivity contribution is 5.96. The lowest BCUT2D eigenvalue weighted by atomic mass is 10.1. The maximum absolute atomic E-state index is 12.1. The van der Waals surface area contributed by atoms with Crippen LogP contribution < -0.4 is 22.5 Å². The van der Waals surface area contributed by atoms with Gasteiger partial charge in [-0.15, -0.1) is 0 Å². The van der Waals surface area contributed by atoms with Crippen LogP contribution in [0, 0.1) is 0 Å². The Labute approximate surface area is 149 Å². The van der Waals surface area contributed by atoms with E-state index in [9.17, 15) is 4.79 Å². The largest absolute Gasteiger partial charge is 1.00 e. The van der Waals surface area contributed by atoms with E-state index in [1.54, 1.807) is 13.2 Å². The molecule has 0 bridgehead atoms. The summed E-state index contributed by atoms with van der Waals surface area (Å²) in [7, 11) is 1.60. The zero-order valence-electron chi connectivity index (χ0n) is 13.9. The SMILES string of the molecule is COc1cccc(C(=O)CC[NH2+]CCOCc2ccccc2)c1.[Cl-]. The third-order valence-electron chi connectivity index (χ3n) is 3.55. The fraction of sp³-hybridized carbons (Fsp3) is 0.316. The van der Waals surface area contributed by atoms with Crippen molar-refractivity contribution < 1.29 is 32.0 Å². The van der Waals surface area contributed by atoms with E-state index in [1.165, 1.54) is 5.56 Å². The fourth-order valence-electron chi connectivity index (χ4n) is 2.25. The van der Waals surface area contributed by atoms with Crippen molar-refractivity contribution in [3.05, 3.63) is 65.7 Å². The average Bonchev–Trinajstić information content (AvgIpc) is 2.61. The first-order valence-corrected chi connectivity index (χ1v) is 7.90. The number of carbonyl (C=O) groups is 1. The molecule has 0 fully saturated rings. The monoisotopic (exact) mass is 349 g/mol. The molecule has 24 heavy (non-hydrogen) atoms. The minimum absolute atomic E-state index is 0. The third kappa shape index (κ3) is 7.13. The Hall–Kier alpha value is -1.88. The van der Waals surface area contributed by atoms with Crippen molar-refractivity contribution in [2.24, 2.45) is 0 Å². The van der Waals surface area contributed by atoms with Crippen LogP contribution in [0.5, 0.6) is 5.75 Å². The van der Waals surface area contributed by atoms with Gasteiger partial charge in [-0.3, -0.25) is 4.79 Å². The number of Topliss-reactive ketones (excluding diaryl/α,β-unsaturated/α-hetero) is 1.